The van der Waals surface area contributed by atoms with Gasteiger partial charge in [-0.05, 0) is 0 Å². The highest BCUT2D eigenvalue weighted by atomic mass is 16.8. The van der Waals surface area contributed by atoms with E-state index in [1.54, 1.807) is 0 Å². The number of carbonyl (C=O) groups is 2. The molecule has 2 amide bonds. The number of nitrogens with one attached hydrogen (secondary N) is 2. The standard InChI is InChI=1S/C64H108N2O51/c1-13(75)65-25-35(85)48(21(9-73)101-55(25)98)111-56-26(66-14(2)76)36(86)49(22(10-74)108-56)112-61-47(97)51(114-63-54(42(92)32(82)19(7-71)106-63)117-64-53(41(91)31(81)20(8-72)107-64)116-60-45(95)39(89)29(79)17(5-69)104-60)34(84)24(110-61)12-100-58-46(96)50(33(83)23(109-58)11-99-57-43(93)37(87)27(77)15(3-67)102-57)113-62-52(40(90)30(80)18(6-70)105-62)115-59-44(94)38(88)28(78)16(4-68)103-59/h15-64,67-74,77-98H,3-12H2,1-2H3,(H,65,75)(H,66,76)/t15-,16-,17-,18-,19-,20-,21-,22-,23-,24-,25-,26-,27-,28-,29-,30-,31-,32-,33-,34-,35-,36-,37+,38+,39+,40+,41+,42+,43+,44+,45+,46+,47+,48-,49-,50+,51+,52+,53+,54+,55?,56+,57+,58+,59-,60-,61+,62-,63-,64-/m1/s1. The molecule has 10 fully saturated rings. The van der Waals surface area contributed by atoms with E-state index in [9.17, 15) is 163 Å². The Labute approximate surface area is 660 Å². The number of aliphatic hydroxyl groups is 30. The maximum absolute atomic E-state index is 13.0. The molecule has 0 saturated carbocycles. The van der Waals surface area contributed by atoms with Crippen LogP contribution in [-0.4, -0.2) is 538 Å². The molecule has 10 rings (SSSR count). The zero-order chi connectivity index (χ0) is 85.9. The van der Waals surface area contributed by atoms with E-state index in [-0.39, 0.29) is 0 Å². The highest BCUT2D eigenvalue weighted by Gasteiger charge is 2.62. The van der Waals surface area contributed by atoms with Crippen LogP contribution in [0.15, 0.2) is 0 Å². The molecule has 53 nitrogen and oxygen atoms in total. The minimum absolute atomic E-state index is 0.806. The maximum atomic E-state index is 13.0. The van der Waals surface area contributed by atoms with Crippen molar-refractivity contribution in [2.75, 3.05) is 66.1 Å². The van der Waals surface area contributed by atoms with Gasteiger partial charge in [-0.2, -0.15) is 0 Å². The van der Waals surface area contributed by atoms with E-state index in [0.717, 1.165) is 13.8 Å². The van der Waals surface area contributed by atoms with Crippen molar-refractivity contribution in [3.8, 4) is 0 Å². The molecule has 32 N–H and O–H groups in total. The van der Waals surface area contributed by atoms with Crippen LogP contribution < -0.4 is 10.6 Å². The summed E-state index contributed by atoms with van der Waals surface area (Å²) >= 11 is 0. The molecule has 1 unspecified atom stereocenters. The van der Waals surface area contributed by atoms with Crippen LogP contribution in [0.2, 0.25) is 0 Å². The predicted molar refractivity (Wildman–Crippen MR) is 353 cm³/mol. The molecule has 0 aromatic carbocycles. The number of aliphatic hydroxyl groups excluding tert-OH is 30. The number of hydrogen-bond donors (Lipinski definition) is 32. The summed E-state index contributed by atoms with van der Waals surface area (Å²) in [6.45, 7) is -9.30. The monoisotopic (exact) mass is 1720 g/mol. The quantitative estimate of drug-likeness (QED) is 0.0318. The van der Waals surface area contributed by atoms with Crippen molar-refractivity contribution in [1.82, 2.24) is 10.6 Å². The van der Waals surface area contributed by atoms with Gasteiger partial charge < -0.3 is 254 Å². The Morgan fingerprint density at radius 2 is 0.462 bits per heavy atom. The van der Waals surface area contributed by atoms with Gasteiger partial charge >= 0.3 is 0 Å². The minimum atomic E-state index is -2.64. The summed E-state index contributed by atoms with van der Waals surface area (Å²) in [5.41, 5.74) is 0. The Morgan fingerprint density at radius 1 is 0.222 bits per heavy atom. The van der Waals surface area contributed by atoms with E-state index >= 15 is 0 Å². The fraction of sp³-hybridized carbons (Fsp3) is 0.969. The largest absolute Gasteiger partial charge is 0.394 e. The summed E-state index contributed by atoms with van der Waals surface area (Å²) in [6.07, 6.45) is -104. The Balaban J connectivity index is 1.01. The molecule has 0 aliphatic carbocycles. The van der Waals surface area contributed by atoms with Gasteiger partial charge in [0.2, 0.25) is 11.8 Å². The van der Waals surface area contributed by atoms with Gasteiger partial charge in [0, 0.05) is 13.8 Å². The molecule has 10 heterocycles. The lowest BCUT2D eigenvalue weighted by atomic mass is 9.94. The van der Waals surface area contributed by atoms with Crippen LogP contribution in [0.1, 0.15) is 13.8 Å². The van der Waals surface area contributed by atoms with Gasteiger partial charge in [-0.3, -0.25) is 9.59 Å². The summed E-state index contributed by atoms with van der Waals surface area (Å²) < 4.78 is 111. The van der Waals surface area contributed by atoms with Crippen molar-refractivity contribution >= 4 is 11.8 Å². The summed E-state index contributed by atoms with van der Waals surface area (Å²) in [4.78, 5) is 25.2. The van der Waals surface area contributed by atoms with E-state index in [2.05, 4.69) is 10.6 Å². The second-order valence-corrected chi connectivity index (χ2v) is 29.5. The lowest BCUT2D eigenvalue weighted by Gasteiger charge is -2.51. The summed E-state index contributed by atoms with van der Waals surface area (Å²) in [6, 6.07) is -3.64. The number of amides is 2. The number of hydrogen-bond acceptors (Lipinski definition) is 51. The van der Waals surface area contributed by atoms with Gasteiger partial charge in [-0.15, -0.1) is 0 Å². The first-order valence-electron chi connectivity index (χ1n) is 37.2. The zero-order valence-corrected chi connectivity index (χ0v) is 61.9. The van der Waals surface area contributed by atoms with Gasteiger partial charge in [0.25, 0.3) is 0 Å². The third-order valence-electron chi connectivity index (χ3n) is 21.7. The summed E-state index contributed by atoms with van der Waals surface area (Å²) in [7, 11) is 0. The molecule has 0 bridgehead atoms. The van der Waals surface area contributed by atoms with Gasteiger partial charge in [-0.1, -0.05) is 0 Å². The summed E-state index contributed by atoms with van der Waals surface area (Å²) in [5.74, 6) is -1.78. The molecule has 0 aromatic rings. The number of carbonyl (C=O) groups excluding carboxylic acids is 2. The van der Waals surface area contributed by atoms with Crippen LogP contribution in [0.5, 0.6) is 0 Å². The molecule has 680 valence electrons. The zero-order valence-electron chi connectivity index (χ0n) is 61.9. The van der Waals surface area contributed by atoms with Crippen molar-refractivity contribution in [2.24, 2.45) is 0 Å². The number of ether oxygens (including phenoxy) is 19. The van der Waals surface area contributed by atoms with Crippen molar-refractivity contribution in [1.29, 1.82) is 0 Å². The fourth-order valence-electron chi connectivity index (χ4n) is 15.0. The molecular weight excluding hydrogens is 1610 g/mol. The highest BCUT2D eigenvalue weighted by molar-refractivity contribution is 5.73. The van der Waals surface area contributed by atoms with Crippen LogP contribution in [0.4, 0.5) is 0 Å². The molecule has 10 aliphatic heterocycles. The van der Waals surface area contributed by atoms with Crippen molar-refractivity contribution in [2.45, 2.75) is 321 Å². The first-order chi connectivity index (χ1) is 55.4. The Bertz CT molecular complexity index is 3050. The van der Waals surface area contributed by atoms with Crippen molar-refractivity contribution < 1.29 is 253 Å². The van der Waals surface area contributed by atoms with E-state index < -0.39 is 385 Å². The third-order valence-corrected chi connectivity index (χ3v) is 21.7. The van der Waals surface area contributed by atoms with E-state index in [4.69, 9.17) is 90.0 Å². The first-order valence-corrected chi connectivity index (χ1v) is 37.2. The van der Waals surface area contributed by atoms with E-state index in [1.807, 2.05) is 0 Å². The van der Waals surface area contributed by atoms with Crippen molar-refractivity contribution in [3.05, 3.63) is 0 Å². The van der Waals surface area contributed by atoms with Crippen LogP contribution in [0, 0.1) is 0 Å². The average molecular weight is 1720 g/mol. The number of rotatable bonds is 30. The lowest BCUT2D eigenvalue weighted by molar-refractivity contribution is -0.408. The third kappa shape index (κ3) is 20.7. The molecule has 117 heavy (non-hydrogen) atoms. The second kappa shape index (κ2) is 41.9. The molecule has 10 saturated heterocycles. The van der Waals surface area contributed by atoms with Crippen molar-refractivity contribution in [3.63, 3.8) is 0 Å². The Hall–Kier alpha value is -3.02. The molecule has 53 heteroatoms. The SMILES string of the molecule is CC(=O)N[C@H]1[C@H](O[C@H]2[C@H](O)[C@@H](NC(C)=O)C(O)O[C@@H]2CO)O[C@H](CO)[C@@H](O[C@@H]2O[C@H](CO[C@H]3O[C@H](CO[C@H]4O[C@H](CO)[C@@H](O)[C@H](O)[C@@H]4O)[C@@H](O)[C@H](O[C@H]4O[C@H](CO)[C@@H](O)[C@H](O)[C@@H]4O[C@H]4O[C@H](CO)[C@@H](O)[C@H](O)[C@@H]4O)[C@@H]3O)[C@@H](O)[C@H](O[C@H]3O[C@H](CO)[C@@H](O)[C@H](O)[C@@H]3O[C@H]3O[C@H](CO)[C@@H](O)[C@H](O)[C@@H]3O[C@H]3O[C@H](CO)[C@@H](O)[C@H](O)[C@@H]3O)[C@@H]2O)[C@@H]1O. The van der Waals surface area contributed by atoms with Crippen LogP contribution in [0.3, 0.4) is 0 Å². The predicted octanol–water partition coefficient (Wildman–Crippen LogP) is -22.5. The molecule has 0 aromatic heterocycles. The molecule has 0 radical (unpaired) electrons. The van der Waals surface area contributed by atoms with Gasteiger partial charge in [-0.25, -0.2) is 0 Å². The lowest BCUT2D eigenvalue weighted by Crippen LogP contribution is -2.70. The minimum Gasteiger partial charge on any atom is -0.394 e. The first kappa shape index (κ1) is 96.2. The van der Waals surface area contributed by atoms with Crippen LogP contribution in [0.25, 0.3) is 0 Å². The summed E-state index contributed by atoms with van der Waals surface area (Å²) in [5, 5.41) is 337. The molecule has 10 aliphatic rings. The molecule has 0 spiro atoms. The molecule has 50 atom stereocenters. The fourth-order valence-corrected chi connectivity index (χ4v) is 15.0. The maximum Gasteiger partial charge on any atom is 0.217 e. The van der Waals surface area contributed by atoms with E-state index in [0.29, 0.717) is 0 Å². The van der Waals surface area contributed by atoms with Crippen LogP contribution >= 0.6 is 0 Å². The van der Waals surface area contributed by atoms with E-state index in [1.165, 1.54) is 0 Å². The van der Waals surface area contributed by atoms with Gasteiger partial charge in [0.05, 0.1) is 66.1 Å². The Morgan fingerprint density at radius 3 is 0.829 bits per heavy atom. The Kier molecular flexibility index (Phi) is 34.4. The average Bonchev–Trinajstić information content (AvgIpc) is 0.770. The van der Waals surface area contributed by atoms with Crippen LogP contribution in [-0.2, 0) is 99.6 Å². The highest BCUT2D eigenvalue weighted by Crippen LogP contribution is 2.41. The topological polar surface area (TPSA) is 840 Å². The normalized spacial score (nSPS) is 51.5. The smallest absolute Gasteiger partial charge is 0.217 e. The molecular formula is C64H108N2O51. The van der Waals surface area contributed by atoms with Gasteiger partial charge in [0.15, 0.2) is 62.9 Å². The second-order valence-electron chi connectivity index (χ2n) is 29.5. The van der Waals surface area contributed by atoms with Gasteiger partial charge in [0.1, 0.15) is 244 Å².